The van der Waals surface area contributed by atoms with Gasteiger partial charge in [-0.15, -0.1) is 13.1 Å². The van der Waals surface area contributed by atoms with Crippen LogP contribution < -0.4 is 14.2 Å². The molecular formula is C32H36FN3O4Y-2. The first kappa shape index (κ1) is 32.7. The van der Waals surface area contributed by atoms with Crippen molar-refractivity contribution in [3.63, 3.8) is 0 Å². The second kappa shape index (κ2) is 16.0. The molecule has 3 aromatic carbocycles. The SMILES string of the molecule is CCc1ccc(CCOc2cc3c(cc2OC)CC[N-]C3c2ccc(F)cc2C)cc1OC.[NH-]Cc1cocn1.[Y]. The zero-order valence-corrected chi connectivity index (χ0v) is 26.9. The smallest absolute Gasteiger partial charge is 0.180 e. The molecule has 1 aromatic heterocycles. The summed E-state index contributed by atoms with van der Waals surface area (Å²) in [5.41, 5.74) is 14.0. The number of benzene rings is 3. The van der Waals surface area contributed by atoms with E-state index < -0.39 is 0 Å². The molecule has 0 fully saturated rings. The van der Waals surface area contributed by atoms with Crippen molar-refractivity contribution in [3.05, 3.63) is 117 Å². The van der Waals surface area contributed by atoms with E-state index in [0.29, 0.717) is 18.1 Å². The topological polar surface area (TPSA) is 91.6 Å². The average Bonchev–Trinajstić information content (AvgIpc) is 3.51. The van der Waals surface area contributed by atoms with Crippen LogP contribution in [0.4, 0.5) is 4.39 Å². The van der Waals surface area contributed by atoms with Crippen LogP contribution in [0, 0.1) is 12.7 Å². The summed E-state index contributed by atoms with van der Waals surface area (Å²) in [5.74, 6) is 2.12. The third-order valence-electron chi connectivity index (χ3n) is 6.98. The van der Waals surface area contributed by atoms with E-state index in [9.17, 15) is 4.39 Å². The van der Waals surface area contributed by atoms with Gasteiger partial charge >= 0.3 is 0 Å². The molecule has 215 valence electrons. The van der Waals surface area contributed by atoms with Crippen LogP contribution in [0.1, 0.15) is 52.0 Å². The summed E-state index contributed by atoms with van der Waals surface area (Å²) in [4.78, 5) is 3.68. The molecule has 0 amide bonds. The van der Waals surface area contributed by atoms with Crippen molar-refractivity contribution in [2.45, 2.75) is 45.7 Å². The standard InChI is InChI=1S/C28H31FNO3.C4H5N2O.Y/c1-5-20-7-6-19(15-25(20)31-3)11-13-33-27-17-24-21(16-26(27)32-4)10-12-30-28(24)23-9-8-22(29)14-18(23)2;5-1-4-2-7-3-6-4;/h6-9,14-17,28H,5,10-13H2,1-4H3;2-3,5H,1H2;/q2*-1;. The molecule has 9 heteroatoms. The first-order valence-corrected chi connectivity index (χ1v) is 13.4. The molecule has 1 atom stereocenters. The Hall–Kier alpha value is -2.78. The monoisotopic (exact) mass is 634 g/mol. The van der Waals surface area contributed by atoms with Gasteiger partial charge in [0.2, 0.25) is 0 Å². The van der Waals surface area contributed by atoms with Gasteiger partial charge in [0.25, 0.3) is 0 Å². The Kier molecular flexibility index (Phi) is 12.8. The summed E-state index contributed by atoms with van der Waals surface area (Å²) in [6.07, 6.45) is 5.33. The number of ether oxygens (including phenoxy) is 3. The molecular weight excluding hydrogens is 598 g/mol. The Bertz CT molecular complexity index is 1400. The van der Waals surface area contributed by atoms with Crippen molar-refractivity contribution in [2.24, 2.45) is 0 Å². The van der Waals surface area contributed by atoms with E-state index in [1.54, 1.807) is 20.3 Å². The van der Waals surface area contributed by atoms with Crippen LogP contribution in [-0.4, -0.2) is 32.4 Å². The van der Waals surface area contributed by atoms with Gasteiger partial charge in [0.1, 0.15) is 17.8 Å². The van der Waals surface area contributed by atoms with Crippen LogP contribution in [0.2, 0.25) is 0 Å². The van der Waals surface area contributed by atoms with Gasteiger partial charge in [-0.3, -0.25) is 0 Å². The van der Waals surface area contributed by atoms with Crippen molar-refractivity contribution in [1.29, 1.82) is 0 Å². The van der Waals surface area contributed by atoms with Gasteiger partial charge in [0, 0.05) is 39.1 Å². The molecule has 1 radical (unpaired) electrons. The first-order valence-electron chi connectivity index (χ1n) is 13.4. The number of oxazole rings is 1. The van der Waals surface area contributed by atoms with Crippen molar-refractivity contribution in [2.75, 3.05) is 27.4 Å². The molecule has 1 unspecified atom stereocenters. The Labute approximate surface area is 266 Å². The molecule has 41 heavy (non-hydrogen) atoms. The van der Waals surface area contributed by atoms with Crippen LogP contribution in [0.15, 0.2) is 65.6 Å². The molecule has 2 heterocycles. The number of hydrogen-bond acceptors (Lipinski definition) is 5. The van der Waals surface area contributed by atoms with E-state index in [0.717, 1.165) is 59.6 Å². The summed E-state index contributed by atoms with van der Waals surface area (Å²) in [7, 11) is 3.37. The Morgan fingerprint density at radius 1 is 1.02 bits per heavy atom. The van der Waals surface area contributed by atoms with Gasteiger partial charge in [-0.1, -0.05) is 42.3 Å². The molecule has 0 bridgehead atoms. The number of rotatable bonds is 9. The quantitative estimate of drug-likeness (QED) is 0.189. The molecule has 1 aliphatic rings. The fourth-order valence-corrected chi connectivity index (χ4v) is 4.83. The predicted octanol–water partition coefficient (Wildman–Crippen LogP) is 7.58. The number of nitrogens with zero attached hydrogens (tertiary/aromatic N) is 2. The minimum absolute atomic E-state index is 0. The van der Waals surface area contributed by atoms with E-state index in [1.165, 1.54) is 29.9 Å². The number of hydrogen-bond donors (Lipinski definition) is 0. The maximum atomic E-state index is 13.7. The summed E-state index contributed by atoms with van der Waals surface area (Å²) in [6.45, 7) is 5.50. The number of halogens is 1. The summed E-state index contributed by atoms with van der Waals surface area (Å²) >= 11 is 0. The third kappa shape index (κ3) is 8.38. The fraction of sp³-hybridized carbons (Fsp3) is 0.344. The van der Waals surface area contributed by atoms with Crippen molar-refractivity contribution < 1.29 is 55.7 Å². The largest absolute Gasteiger partial charge is 0.672 e. The van der Waals surface area contributed by atoms with Crippen LogP contribution >= 0.6 is 0 Å². The van der Waals surface area contributed by atoms with Crippen LogP contribution in [0.5, 0.6) is 17.2 Å². The first-order chi connectivity index (χ1) is 19.5. The normalized spacial score (nSPS) is 13.8. The molecule has 0 saturated carbocycles. The van der Waals surface area contributed by atoms with E-state index >= 15 is 0 Å². The van der Waals surface area contributed by atoms with Gasteiger partial charge in [-0.05, 0) is 72.4 Å². The number of nitrogens with one attached hydrogen (secondary N) is 1. The summed E-state index contributed by atoms with van der Waals surface area (Å²) < 4.78 is 35.6. The van der Waals surface area contributed by atoms with E-state index in [4.69, 9.17) is 25.3 Å². The summed E-state index contributed by atoms with van der Waals surface area (Å²) in [5, 5.41) is 4.86. The fourth-order valence-electron chi connectivity index (χ4n) is 4.83. The third-order valence-corrected chi connectivity index (χ3v) is 6.98. The second-order valence-corrected chi connectivity index (χ2v) is 9.52. The average molecular weight is 635 g/mol. The Morgan fingerprint density at radius 2 is 1.83 bits per heavy atom. The van der Waals surface area contributed by atoms with Gasteiger partial charge in [0.05, 0.1) is 26.5 Å². The minimum Gasteiger partial charge on any atom is -0.672 e. The van der Waals surface area contributed by atoms with E-state index in [-0.39, 0.29) is 51.1 Å². The number of aryl methyl sites for hydroxylation is 2. The molecule has 1 aliphatic heterocycles. The van der Waals surface area contributed by atoms with Gasteiger partial charge in [-0.25, -0.2) is 9.37 Å². The van der Waals surface area contributed by atoms with Gasteiger partial charge in [0.15, 0.2) is 17.9 Å². The van der Waals surface area contributed by atoms with Gasteiger partial charge < -0.3 is 29.7 Å². The maximum absolute atomic E-state index is 13.7. The van der Waals surface area contributed by atoms with Crippen molar-refractivity contribution in [1.82, 2.24) is 4.98 Å². The second-order valence-electron chi connectivity index (χ2n) is 9.52. The predicted molar refractivity (Wildman–Crippen MR) is 154 cm³/mol. The van der Waals surface area contributed by atoms with E-state index in [1.807, 2.05) is 19.1 Å². The zero-order valence-electron chi connectivity index (χ0n) is 24.1. The molecule has 0 aliphatic carbocycles. The number of fused-ring (bicyclic) bond motifs is 1. The van der Waals surface area contributed by atoms with Gasteiger partial charge in [-0.2, -0.15) is 0 Å². The molecule has 0 saturated heterocycles. The number of methoxy groups -OCH3 is 2. The maximum Gasteiger partial charge on any atom is 0.180 e. The zero-order chi connectivity index (χ0) is 28.5. The van der Waals surface area contributed by atoms with Crippen molar-refractivity contribution in [3.8, 4) is 17.2 Å². The number of aromatic nitrogens is 1. The van der Waals surface area contributed by atoms with E-state index in [2.05, 4.69) is 40.6 Å². The Balaban J connectivity index is 0.000000506. The minimum atomic E-state index is -0.227. The Morgan fingerprint density at radius 3 is 2.46 bits per heavy atom. The molecule has 0 spiro atoms. The van der Waals surface area contributed by atoms with Crippen molar-refractivity contribution >= 4 is 0 Å². The molecule has 5 rings (SSSR count). The summed E-state index contributed by atoms with van der Waals surface area (Å²) in [6, 6.07) is 15.2. The molecule has 7 nitrogen and oxygen atoms in total. The van der Waals surface area contributed by atoms with Crippen LogP contribution in [0.25, 0.3) is 11.1 Å². The molecule has 4 aromatic rings. The van der Waals surface area contributed by atoms with Crippen LogP contribution in [-0.2, 0) is 58.5 Å². The van der Waals surface area contributed by atoms with Crippen LogP contribution in [0.3, 0.4) is 0 Å². The molecule has 1 N–H and O–H groups in total.